The van der Waals surface area contributed by atoms with Gasteiger partial charge in [-0.15, -0.1) is 0 Å². The summed E-state index contributed by atoms with van der Waals surface area (Å²) in [5, 5.41) is 4.76. The normalized spacial score (nSPS) is 12.2. The van der Waals surface area contributed by atoms with E-state index in [1.165, 1.54) is 19.1 Å². The third-order valence-electron chi connectivity index (χ3n) is 4.00. The van der Waals surface area contributed by atoms with Crippen LogP contribution < -0.4 is 5.32 Å². The quantitative estimate of drug-likeness (QED) is 0.672. The molecule has 0 spiro atoms. The molecule has 1 N–H and O–H groups in total. The van der Waals surface area contributed by atoms with Crippen LogP contribution in [0.4, 0.5) is 14.6 Å². The fourth-order valence-corrected chi connectivity index (χ4v) is 2.55. The van der Waals surface area contributed by atoms with Gasteiger partial charge in [-0.1, -0.05) is 24.8 Å². The number of fused-ring (bicyclic) bond motifs is 1. The Bertz CT molecular complexity index is 917. The molecule has 0 aliphatic carbocycles. The number of rotatable bonds is 4. The van der Waals surface area contributed by atoms with Crippen molar-refractivity contribution >= 4 is 16.6 Å². The van der Waals surface area contributed by atoms with E-state index in [9.17, 15) is 8.78 Å². The van der Waals surface area contributed by atoms with E-state index in [0.29, 0.717) is 5.82 Å². The molecule has 3 aromatic rings. The van der Waals surface area contributed by atoms with Gasteiger partial charge in [0, 0.05) is 17.3 Å². The number of halogens is 2. The van der Waals surface area contributed by atoms with Gasteiger partial charge >= 0.3 is 0 Å². The molecule has 1 aromatic heterocycles. The molecule has 0 radical (unpaired) electrons. The molecule has 0 saturated heterocycles. The van der Waals surface area contributed by atoms with Gasteiger partial charge in [-0.3, -0.25) is 0 Å². The second kappa shape index (κ2) is 6.40. The fraction of sp³-hybridized carbons (Fsp3) is 0.150. The Labute approximate surface area is 139 Å². The molecule has 1 atom stereocenters. The average molecular weight is 324 g/mol. The first-order chi connectivity index (χ1) is 11.4. The Hall–Kier alpha value is -2.75. The van der Waals surface area contributed by atoms with Crippen LogP contribution in [0.5, 0.6) is 0 Å². The van der Waals surface area contributed by atoms with Gasteiger partial charge in [-0.05, 0) is 60.2 Å². The van der Waals surface area contributed by atoms with Crippen molar-refractivity contribution in [1.29, 1.82) is 0 Å². The van der Waals surface area contributed by atoms with Crippen molar-refractivity contribution in [2.24, 2.45) is 0 Å². The number of hydrogen-bond donors (Lipinski definition) is 1. The van der Waals surface area contributed by atoms with Crippen LogP contribution in [0.25, 0.3) is 21.9 Å². The molecule has 0 fully saturated rings. The summed E-state index contributed by atoms with van der Waals surface area (Å²) in [6.45, 7) is 7.01. The lowest BCUT2D eigenvalue weighted by molar-refractivity contribution is 0.414. The SMILES string of the molecule is C=C(Nc1cc2ccc(-c3cc(F)ccc3C)cc2cn1)C(C)F. The van der Waals surface area contributed by atoms with Crippen LogP contribution in [-0.4, -0.2) is 11.2 Å². The smallest absolute Gasteiger partial charge is 0.136 e. The van der Waals surface area contributed by atoms with Gasteiger partial charge in [-0.2, -0.15) is 0 Å². The van der Waals surface area contributed by atoms with Crippen LogP contribution >= 0.6 is 0 Å². The number of alkyl halides is 1. The number of hydrogen-bond acceptors (Lipinski definition) is 2. The van der Waals surface area contributed by atoms with Crippen molar-refractivity contribution in [2.45, 2.75) is 20.0 Å². The molecule has 2 aromatic carbocycles. The Balaban J connectivity index is 1.98. The zero-order chi connectivity index (χ0) is 17.3. The summed E-state index contributed by atoms with van der Waals surface area (Å²) in [5.74, 6) is 0.291. The lowest BCUT2D eigenvalue weighted by Gasteiger charge is -2.11. The standard InChI is InChI=1S/C20H18F2N2/c1-12-4-7-18(22)10-19(12)16-6-5-15-9-20(23-11-17(15)8-16)24-14(3)13(2)21/h4-11,13H,3H2,1-2H3,(H,23,24). The summed E-state index contributed by atoms with van der Waals surface area (Å²) in [4.78, 5) is 4.29. The van der Waals surface area contributed by atoms with Crippen molar-refractivity contribution in [2.75, 3.05) is 5.32 Å². The molecule has 0 saturated carbocycles. The van der Waals surface area contributed by atoms with Gasteiger partial charge in [0.2, 0.25) is 0 Å². The fourth-order valence-electron chi connectivity index (χ4n) is 2.55. The number of aryl methyl sites for hydroxylation is 1. The van der Waals surface area contributed by atoms with Crippen molar-refractivity contribution < 1.29 is 8.78 Å². The maximum atomic E-state index is 13.5. The first-order valence-corrected chi connectivity index (χ1v) is 7.70. The second-order valence-electron chi connectivity index (χ2n) is 5.86. The summed E-state index contributed by atoms with van der Waals surface area (Å²) in [5.41, 5.74) is 3.08. The van der Waals surface area contributed by atoms with Crippen LogP contribution in [0.15, 0.2) is 60.9 Å². The maximum Gasteiger partial charge on any atom is 0.136 e. The highest BCUT2D eigenvalue weighted by Crippen LogP contribution is 2.28. The molecule has 122 valence electrons. The van der Waals surface area contributed by atoms with E-state index in [4.69, 9.17) is 0 Å². The van der Waals surface area contributed by atoms with E-state index in [2.05, 4.69) is 16.9 Å². The van der Waals surface area contributed by atoms with E-state index in [-0.39, 0.29) is 11.5 Å². The van der Waals surface area contributed by atoms with Gasteiger partial charge in [-0.25, -0.2) is 13.8 Å². The minimum absolute atomic E-state index is 0.257. The number of pyridine rings is 1. The first kappa shape index (κ1) is 16.1. The second-order valence-corrected chi connectivity index (χ2v) is 5.86. The van der Waals surface area contributed by atoms with Crippen LogP contribution in [0.3, 0.4) is 0 Å². The Morgan fingerprint density at radius 1 is 1.12 bits per heavy atom. The molecule has 0 bridgehead atoms. The summed E-state index contributed by atoms with van der Waals surface area (Å²) < 4.78 is 26.7. The molecular formula is C20H18F2N2. The number of aromatic nitrogens is 1. The predicted molar refractivity (Wildman–Crippen MR) is 95.2 cm³/mol. The first-order valence-electron chi connectivity index (χ1n) is 7.70. The zero-order valence-corrected chi connectivity index (χ0v) is 13.6. The van der Waals surface area contributed by atoms with Crippen LogP contribution in [0, 0.1) is 12.7 Å². The Morgan fingerprint density at radius 2 is 1.92 bits per heavy atom. The van der Waals surface area contributed by atoms with Crippen molar-refractivity contribution in [3.05, 3.63) is 72.3 Å². The zero-order valence-electron chi connectivity index (χ0n) is 13.6. The van der Waals surface area contributed by atoms with E-state index in [0.717, 1.165) is 27.5 Å². The van der Waals surface area contributed by atoms with Crippen LogP contribution in [0.1, 0.15) is 12.5 Å². The lowest BCUT2D eigenvalue weighted by Crippen LogP contribution is -2.08. The highest BCUT2D eigenvalue weighted by Gasteiger charge is 2.08. The molecule has 3 rings (SSSR count). The molecule has 0 aliphatic rings. The van der Waals surface area contributed by atoms with Crippen LogP contribution in [0.2, 0.25) is 0 Å². The number of nitrogens with one attached hydrogen (secondary N) is 1. The highest BCUT2D eigenvalue weighted by molar-refractivity contribution is 5.88. The Kier molecular flexibility index (Phi) is 4.30. The van der Waals surface area contributed by atoms with E-state index >= 15 is 0 Å². The maximum absolute atomic E-state index is 13.5. The average Bonchev–Trinajstić information content (AvgIpc) is 2.56. The van der Waals surface area contributed by atoms with Crippen molar-refractivity contribution in [3.8, 4) is 11.1 Å². The molecule has 0 aliphatic heterocycles. The van der Waals surface area contributed by atoms with Gasteiger partial charge in [0.25, 0.3) is 0 Å². The molecule has 0 amide bonds. The topological polar surface area (TPSA) is 24.9 Å². The minimum atomic E-state index is -1.15. The van der Waals surface area contributed by atoms with Gasteiger partial charge in [0.05, 0.1) is 0 Å². The van der Waals surface area contributed by atoms with E-state index < -0.39 is 6.17 Å². The summed E-state index contributed by atoms with van der Waals surface area (Å²) >= 11 is 0. The summed E-state index contributed by atoms with van der Waals surface area (Å²) in [6, 6.07) is 12.5. The van der Waals surface area contributed by atoms with E-state index in [1.807, 2.05) is 31.2 Å². The summed E-state index contributed by atoms with van der Waals surface area (Å²) in [6.07, 6.45) is 0.562. The molecule has 1 heterocycles. The number of nitrogens with zero attached hydrogens (tertiary/aromatic N) is 1. The summed E-state index contributed by atoms with van der Waals surface area (Å²) in [7, 11) is 0. The third-order valence-corrected chi connectivity index (χ3v) is 4.00. The van der Waals surface area contributed by atoms with Crippen LogP contribution in [-0.2, 0) is 0 Å². The number of allylic oxidation sites excluding steroid dienone is 1. The molecule has 24 heavy (non-hydrogen) atoms. The monoisotopic (exact) mass is 324 g/mol. The number of benzene rings is 2. The molecule has 4 heteroatoms. The largest absolute Gasteiger partial charge is 0.342 e. The van der Waals surface area contributed by atoms with Gasteiger partial charge in [0.15, 0.2) is 0 Å². The highest BCUT2D eigenvalue weighted by atomic mass is 19.1. The predicted octanol–water partition coefficient (Wildman–Crippen LogP) is 5.63. The molecular weight excluding hydrogens is 306 g/mol. The minimum Gasteiger partial charge on any atom is -0.342 e. The van der Waals surface area contributed by atoms with Gasteiger partial charge in [0.1, 0.15) is 17.8 Å². The van der Waals surface area contributed by atoms with Crippen molar-refractivity contribution in [3.63, 3.8) is 0 Å². The molecule has 2 nitrogen and oxygen atoms in total. The van der Waals surface area contributed by atoms with Crippen molar-refractivity contribution in [1.82, 2.24) is 4.98 Å². The number of anilines is 1. The van der Waals surface area contributed by atoms with Gasteiger partial charge < -0.3 is 5.32 Å². The van der Waals surface area contributed by atoms with E-state index in [1.54, 1.807) is 12.3 Å². The Morgan fingerprint density at radius 3 is 2.67 bits per heavy atom. The molecule has 1 unspecified atom stereocenters. The third kappa shape index (κ3) is 3.27. The lowest BCUT2D eigenvalue weighted by atomic mass is 9.98.